The van der Waals surface area contributed by atoms with Crippen LogP contribution in [0, 0.1) is 5.82 Å². The lowest BCUT2D eigenvalue weighted by Gasteiger charge is -2.07. The highest BCUT2D eigenvalue weighted by Crippen LogP contribution is 2.19. The van der Waals surface area contributed by atoms with Crippen molar-refractivity contribution in [3.05, 3.63) is 76.0 Å². The van der Waals surface area contributed by atoms with Gasteiger partial charge in [0, 0.05) is 12.1 Å². The molecule has 2 N–H and O–H groups in total. The Morgan fingerprint density at radius 1 is 1.04 bits per heavy atom. The summed E-state index contributed by atoms with van der Waals surface area (Å²) in [5.41, 5.74) is 0.969. The molecule has 134 valence electrons. The smallest absolute Gasteiger partial charge is 0.387 e. The summed E-state index contributed by atoms with van der Waals surface area (Å²) in [6, 6.07) is 11.4. The number of halogens is 3. The highest BCUT2D eigenvalue weighted by molar-refractivity contribution is 5.54. The summed E-state index contributed by atoms with van der Waals surface area (Å²) >= 11 is 0. The molecule has 0 amide bonds. The summed E-state index contributed by atoms with van der Waals surface area (Å²) in [5.74, 6) is -0.251. The molecule has 9 heteroatoms. The second-order valence-electron chi connectivity index (χ2n) is 5.28. The molecule has 0 aliphatic rings. The maximum absolute atomic E-state index is 12.9. The first kappa shape index (κ1) is 17.5. The molecule has 0 saturated carbocycles. The molecule has 1 aromatic heterocycles. The standard InChI is InChI=1S/C17H13F3N4O2/c18-11-3-1-10(2-4-11)9-14-15(25)22-17(24-23-14)21-12-5-7-13(8-6-12)26-16(19)20/h1-8,16H,9H2,(H2,21,22,24,25). The van der Waals surface area contributed by atoms with Gasteiger partial charge in [0.15, 0.2) is 0 Å². The molecule has 26 heavy (non-hydrogen) atoms. The van der Waals surface area contributed by atoms with E-state index >= 15 is 0 Å². The number of alkyl halides is 2. The number of nitrogens with one attached hydrogen (secondary N) is 2. The number of rotatable bonds is 6. The van der Waals surface area contributed by atoms with Crippen molar-refractivity contribution in [2.75, 3.05) is 5.32 Å². The van der Waals surface area contributed by atoms with Crippen LogP contribution in [0.2, 0.25) is 0 Å². The van der Waals surface area contributed by atoms with Gasteiger partial charge in [-0.2, -0.15) is 8.78 Å². The first-order chi connectivity index (χ1) is 12.5. The molecule has 3 aromatic rings. The minimum atomic E-state index is -2.90. The number of benzene rings is 2. The molecule has 0 bridgehead atoms. The van der Waals surface area contributed by atoms with Crippen LogP contribution >= 0.6 is 0 Å². The summed E-state index contributed by atoms with van der Waals surface area (Å²) in [6.45, 7) is -2.90. The third kappa shape index (κ3) is 4.59. The van der Waals surface area contributed by atoms with Gasteiger partial charge in [-0.3, -0.25) is 9.78 Å². The fourth-order valence-electron chi connectivity index (χ4n) is 2.18. The zero-order chi connectivity index (χ0) is 18.5. The Balaban J connectivity index is 1.69. The second-order valence-corrected chi connectivity index (χ2v) is 5.28. The molecule has 0 unspecified atom stereocenters. The molecule has 0 aliphatic heterocycles. The minimum absolute atomic E-state index is 0.0137. The van der Waals surface area contributed by atoms with Gasteiger partial charge in [0.05, 0.1) is 0 Å². The van der Waals surface area contributed by atoms with Crippen molar-refractivity contribution >= 4 is 11.6 Å². The van der Waals surface area contributed by atoms with E-state index in [1.165, 1.54) is 36.4 Å². The van der Waals surface area contributed by atoms with Gasteiger partial charge in [-0.1, -0.05) is 12.1 Å². The van der Waals surface area contributed by atoms with Crippen LogP contribution in [0.25, 0.3) is 0 Å². The largest absolute Gasteiger partial charge is 0.435 e. The van der Waals surface area contributed by atoms with E-state index in [2.05, 4.69) is 25.2 Å². The molecule has 0 radical (unpaired) electrons. The van der Waals surface area contributed by atoms with Gasteiger partial charge >= 0.3 is 6.61 Å². The number of hydrogen-bond acceptors (Lipinski definition) is 5. The van der Waals surface area contributed by atoms with Crippen LogP contribution in [-0.4, -0.2) is 21.8 Å². The van der Waals surface area contributed by atoms with E-state index in [0.717, 1.165) is 5.56 Å². The Hall–Kier alpha value is -3.36. The van der Waals surface area contributed by atoms with Crippen molar-refractivity contribution in [2.45, 2.75) is 13.0 Å². The minimum Gasteiger partial charge on any atom is -0.435 e. The molecule has 0 aliphatic carbocycles. The van der Waals surface area contributed by atoms with Crippen LogP contribution in [0.4, 0.5) is 24.8 Å². The fraction of sp³-hybridized carbons (Fsp3) is 0.118. The van der Waals surface area contributed by atoms with Gasteiger partial charge in [0.1, 0.15) is 17.3 Å². The Kier molecular flexibility index (Phi) is 5.16. The molecular formula is C17H13F3N4O2. The average Bonchev–Trinajstić information content (AvgIpc) is 2.60. The number of anilines is 2. The zero-order valence-corrected chi connectivity index (χ0v) is 13.2. The van der Waals surface area contributed by atoms with Crippen molar-refractivity contribution < 1.29 is 17.9 Å². The quantitative estimate of drug-likeness (QED) is 0.704. The summed E-state index contributed by atoms with van der Waals surface area (Å²) in [4.78, 5) is 14.6. The third-order valence-electron chi connectivity index (χ3n) is 3.39. The molecule has 6 nitrogen and oxygen atoms in total. The number of aromatic amines is 1. The molecule has 3 rings (SSSR count). The Bertz CT molecular complexity index is 928. The lowest BCUT2D eigenvalue weighted by atomic mass is 10.1. The predicted molar refractivity (Wildman–Crippen MR) is 88.2 cm³/mol. The molecule has 0 atom stereocenters. The van der Waals surface area contributed by atoms with Crippen LogP contribution in [0.5, 0.6) is 5.75 Å². The summed E-state index contributed by atoms with van der Waals surface area (Å²) < 4.78 is 41.4. The molecule has 1 heterocycles. The highest BCUT2D eigenvalue weighted by Gasteiger charge is 2.08. The van der Waals surface area contributed by atoms with Gasteiger partial charge in [0.2, 0.25) is 5.95 Å². The van der Waals surface area contributed by atoms with E-state index in [9.17, 15) is 18.0 Å². The monoisotopic (exact) mass is 362 g/mol. The molecular weight excluding hydrogens is 349 g/mol. The van der Waals surface area contributed by atoms with E-state index in [4.69, 9.17) is 0 Å². The predicted octanol–water partition coefficient (Wildman–Crippen LogP) is 3.24. The summed E-state index contributed by atoms with van der Waals surface area (Å²) in [6.07, 6.45) is 0.211. The van der Waals surface area contributed by atoms with Crippen LogP contribution in [0.15, 0.2) is 53.3 Å². The van der Waals surface area contributed by atoms with Crippen LogP contribution in [0.1, 0.15) is 11.3 Å². The molecule has 0 fully saturated rings. The van der Waals surface area contributed by atoms with Crippen molar-refractivity contribution in [2.24, 2.45) is 0 Å². The lowest BCUT2D eigenvalue weighted by Crippen LogP contribution is -2.18. The number of H-pyrrole nitrogens is 1. The molecule has 0 spiro atoms. The van der Waals surface area contributed by atoms with Crippen LogP contribution in [0.3, 0.4) is 0 Å². The average molecular weight is 362 g/mol. The lowest BCUT2D eigenvalue weighted by molar-refractivity contribution is -0.0498. The van der Waals surface area contributed by atoms with Crippen molar-refractivity contribution in [3.63, 3.8) is 0 Å². The second kappa shape index (κ2) is 7.68. The first-order valence-corrected chi connectivity index (χ1v) is 7.52. The van der Waals surface area contributed by atoms with E-state index in [1.807, 2.05) is 0 Å². The van der Waals surface area contributed by atoms with Gasteiger partial charge in [-0.05, 0) is 42.0 Å². The maximum atomic E-state index is 12.9. The maximum Gasteiger partial charge on any atom is 0.387 e. The summed E-state index contributed by atoms with van der Waals surface area (Å²) in [7, 11) is 0. The van der Waals surface area contributed by atoms with Crippen molar-refractivity contribution in [1.29, 1.82) is 0 Å². The zero-order valence-electron chi connectivity index (χ0n) is 13.2. The van der Waals surface area contributed by atoms with Gasteiger partial charge in [-0.25, -0.2) is 4.39 Å². The SMILES string of the molecule is O=c1[nH]c(Nc2ccc(OC(F)F)cc2)nnc1Cc1ccc(F)cc1. The Morgan fingerprint density at radius 2 is 1.73 bits per heavy atom. The number of nitrogens with zero attached hydrogens (tertiary/aromatic N) is 2. The first-order valence-electron chi connectivity index (χ1n) is 7.52. The van der Waals surface area contributed by atoms with Crippen molar-refractivity contribution in [1.82, 2.24) is 15.2 Å². The van der Waals surface area contributed by atoms with Crippen LogP contribution < -0.4 is 15.6 Å². The molecule has 2 aromatic carbocycles. The van der Waals surface area contributed by atoms with Crippen molar-refractivity contribution in [3.8, 4) is 5.75 Å². The van der Waals surface area contributed by atoms with Crippen LogP contribution in [-0.2, 0) is 6.42 Å². The number of hydrogen-bond donors (Lipinski definition) is 2. The Labute approximate surface area is 145 Å². The van der Waals surface area contributed by atoms with Gasteiger partial charge < -0.3 is 10.1 Å². The third-order valence-corrected chi connectivity index (χ3v) is 3.39. The summed E-state index contributed by atoms with van der Waals surface area (Å²) in [5, 5.41) is 10.6. The van der Waals surface area contributed by atoms with E-state index < -0.39 is 12.2 Å². The van der Waals surface area contributed by atoms with E-state index in [1.54, 1.807) is 12.1 Å². The number of aromatic nitrogens is 3. The topological polar surface area (TPSA) is 79.9 Å². The van der Waals surface area contributed by atoms with E-state index in [-0.39, 0.29) is 29.6 Å². The highest BCUT2D eigenvalue weighted by atomic mass is 19.3. The number of ether oxygens (including phenoxy) is 1. The van der Waals surface area contributed by atoms with Gasteiger partial charge in [0.25, 0.3) is 5.56 Å². The van der Waals surface area contributed by atoms with Gasteiger partial charge in [-0.15, -0.1) is 10.2 Å². The fourth-order valence-corrected chi connectivity index (χ4v) is 2.18. The normalized spacial score (nSPS) is 10.8. The molecule has 0 saturated heterocycles. The Morgan fingerprint density at radius 3 is 2.35 bits per heavy atom. The van der Waals surface area contributed by atoms with E-state index in [0.29, 0.717) is 5.69 Å².